The highest BCUT2D eigenvalue weighted by Gasteiger charge is 2.18. The molecule has 0 spiro atoms. The fourth-order valence-electron chi connectivity index (χ4n) is 2.15. The van der Waals surface area contributed by atoms with Gasteiger partial charge in [0.15, 0.2) is 0 Å². The third-order valence-corrected chi connectivity index (χ3v) is 4.03. The zero-order valence-electron chi connectivity index (χ0n) is 11.1. The van der Waals surface area contributed by atoms with Crippen LogP contribution in [0.25, 0.3) is 0 Å². The third kappa shape index (κ3) is 3.97. The molecule has 4 nitrogen and oxygen atoms in total. The molecule has 6 heteroatoms. The van der Waals surface area contributed by atoms with Crippen LogP contribution in [0.15, 0.2) is 22.7 Å². The lowest BCUT2D eigenvalue weighted by Gasteiger charge is -2.35. The Morgan fingerprint density at radius 2 is 2.05 bits per heavy atom. The molecule has 1 aliphatic rings. The molecule has 1 aromatic rings. The number of halogens is 2. The minimum atomic E-state index is -0.251. The number of hydrazine groups is 1. The second-order valence-corrected chi connectivity index (χ2v) is 5.74. The van der Waals surface area contributed by atoms with Gasteiger partial charge in [-0.3, -0.25) is 0 Å². The first-order valence-electron chi connectivity index (χ1n) is 6.45. The van der Waals surface area contributed by atoms with E-state index in [1.807, 2.05) is 0 Å². The molecule has 1 unspecified atom stereocenters. The molecule has 1 aliphatic heterocycles. The third-order valence-electron chi connectivity index (χ3n) is 3.42. The van der Waals surface area contributed by atoms with E-state index in [1.54, 1.807) is 12.1 Å². The second-order valence-electron chi connectivity index (χ2n) is 4.88. The Morgan fingerprint density at radius 3 is 2.63 bits per heavy atom. The largest absolute Gasteiger partial charge is 0.329 e. The average Bonchev–Trinajstić information content (AvgIpc) is 2.41. The molecule has 3 N–H and O–H groups in total. The van der Waals surface area contributed by atoms with Gasteiger partial charge in [0.2, 0.25) is 0 Å². The van der Waals surface area contributed by atoms with Crippen molar-refractivity contribution >= 4 is 15.9 Å². The maximum atomic E-state index is 13.3. The first kappa shape index (κ1) is 14.9. The van der Waals surface area contributed by atoms with E-state index in [-0.39, 0.29) is 11.9 Å². The van der Waals surface area contributed by atoms with Crippen molar-refractivity contribution in [2.24, 2.45) is 5.73 Å². The molecule has 0 aromatic heterocycles. The van der Waals surface area contributed by atoms with Gasteiger partial charge in [0, 0.05) is 32.7 Å². The molecule has 0 amide bonds. The minimum absolute atomic E-state index is 0.0142. The summed E-state index contributed by atoms with van der Waals surface area (Å²) in [5.41, 5.74) is 10.3. The van der Waals surface area contributed by atoms with E-state index in [9.17, 15) is 4.39 Å². The fraction of sp³-hybridized carbons (Fsp3) is 0.538. The number of hydrogen-bond acceptors (Lipinski definition) is 4. The Morgan fingerprint density at radius 1 is 1.37 bits per heavy atom. The molecule has 2 rings (SSSR count). The zero-order valence-corrected chi connectivity index (χ0v) is 12.7. The summed E-state index contributed by atoms with van der Waals surface area (Å²) in [6.45, 7) is 4.49. The standard InChI is InChI=1S/C13H20BrFN4/c1-18-4-6-19(7-5-18)17-13(9-16)10-2-3-12(15)11(14)8-10/h2-3,8,13,17H,4-7,9,16H2,1H3. The molecule has 0 aliphatic carbocycles. The number of piperazine rings is 1. The van der Waals surface area contributed by atoms with Crippen molar-refractivity contribution in [2.75, 3.05) is 39.8 Å². The molecule has 1 fully saturated rings. The second kappa shape index (κ2) is 6.76. The number of nitrogens with one attached hydrogen (secondary N) is 1. The predicted octanol–water partition coefficient (Wildman–Crippen LogP) is 1.34. The van der Waals surface area contributed by atoms with Crippen LogP contribution in [0.5, 0.6) is 0 Å². The number of nitrogens with two attached hydrogens (primary N) is 1. The van der Waals surface area contributed by atoms with Gasteiger partial charge in [-0.25, -0.2) is 14.8 Å². The van der Waals surface area contributed by atoms with E-state index < -0.39 is 0 Å². The van der Waals surface area contributed by atoms with E-state index in [0.29, 0.717) is 11.0 Å². The van der Waals surface area contributed by atoms with E-state index in [4.69, 9.17) is 5.73 Å². The van der Waals surface area contributed by atoms with Crippen molar-refractivity contribution in [1.82, 2.24) is 15.3 Å². The first-order valence-corrected chi connectivity index (χ1v) is 7.24. The summed E-state index contributed by atoms with van der Waals surface area (Å²) in [6.07, 6.45) is 0. The number of benzene rings is 1. The summed E-state index contributed by atoms with van der Waals surface area (Å²) in [4.78, 5) is 2.30. The van der Waals surface area contributed by atoms with Gasteiger partial charge in [-0.2, -0.15) is 0 Å². The van der Waals surface area contributed by atoms with Gasteiger partial charge < -0.3 is 10.6 Å². The molecule has 1 heterocycles. The van der Waals surface area contributed by atoms with Crippen LogP contribution in [0.4, 0.5) is 4.39 Å². The number of rotatable bonds is 4. The van der Waals surface area contributed by atoms with Gasteiger partial charge >= 0.3 is 0 Å². The van der Waals surface area contributed by atoms with Gasteiger partial charge in [0.05, 0.1) is 10.5 Å². The van der Waals surface area contributed by atoms with Crippen molar-refractivity contribution in [3.8, 4) is 0 Å². The maximum Gasteiger partial charge on any atom is 0.137 e. The first-order chi connectivity index (χ1) is 9.10. The molecule has 0 saturated carbocycles. The highest BCUT2D eigenvalue weighted by molar-refractivity contribution is 9.10. The van der Waals surface area contributed by atoms with Crippen LogP contribution in [0.1, 0.15) is 11.6 Å². The van der Waals surface area contributed by atoms with E-state index in [0.717, 1.165) is 31.7 Å². The Hall–Kier alpha value is -0.530. The average molecular weight is 331 g/mol. The normalized spacial score (nSPS) is 19.6. The van der Waals surface area contributed by atoms with E-state index in [1.165, 1.54) is 6.07 Å². The fourth-order valence-corrected chi connectivity index (χ4v) is 2.54. The number of hydrogen-bond donors (Lipinski definition) is 2. The SMILES string of the molecule is CN1CCN(NC(CN)c2ccc(F)c(Br)c2)CC1. The summed E-state index contributed by atoms with van der Waals surface area (Å²) in [5.74, 6) is -0.251. The number of likely N-dealkylation sites (N-methyl/N-ethyl adjacent to an activating group) is 1. The van der Waals surface area contributed by atoms with E-state index in [2.05, 4.69) is 38.3 Å². The van der Waals surface area contributed by atoms with Crippen LogP contribution in [0.2, 0.25) is 0 Å². The van der Waals surface area contributed by atoms with Crippen molar-refractivity contribution in [3.63, 3.8) is 0 Å². The Kier molecular flexibility index (Phi) is 5.29. The summed E-state index contributed by atoms with van der Waals surface area (Å²) in [5, 5.41) is 2.19. The molecule has 1 aromatic carbocycles. The molecule has 1 saturated heterocycles. The van der Waals surface area contributed by atoms with Crippen LogP contribution in [0, 0.1) is 5.82 Å². The molecule has 0 bridgehead atoms. The highest BCUT2D eigenvalue weighted by atomic mass is 79.9. The van der Waals surface area contributed by atoms with Crippen molar-refractivity contribution in [1.29, 1.82) is 0 Å². The predicted molar refractivity (Wildman–Crippen MR) is 78.1 cm³/mol. The Labute approximate surface area is 121 Å². The van der Waals surface area contributed by atoms with Gasteiger partial charge in [0.25, 0.3) is 0 Å². The monoisotopic (exact) mass is 330 g/mol. The van der Waals surface area contributed by atoms with Crippen molar-refractivity contribution in [3.05, 3.63) is 34.1 Å². The topological polar surface area (TPSA) is 44.5 Å². The maximum absolute atomic E-state index is 13.3. The lowest BCUT2D eigenvalue weighted by molar-refractivity contribution is 0.0880. The summed E-state index contributed by atoms with van der Waals surface area (Å²) < 4.78 is 13.7. The molecular weight excluding hydrogens is 311 g/mol. The number of nitrogens with zero attached hydrogens (tertiary/aromatic N) is 2. The minimum Gasteiger partial charge on any atom is -0.329 e. The van der Waals surface area contributed by atoms with Crippen LogP contribution < -0.4 is 11.2 Å². The lowest BCUT2D eigenvalue weighted by atomic mass is 10.1. The molecule has 0 radical (unpaired) electrons. The van der Waals surface area contributed by atoms with Gasteiger partial charge in [-0.05, 0) is 40.7 Å². The van der Waals surface area contributed by atoms with E-state index >= 15 is 0 Å². The molecule has 1 atom stereocenters. The van der Waals surface area contributed by atoms with Crippen LogP contribution in [0.3, 0.4) is 0 Å². The Bertz CT molecular complexity index is 421. The van der Waals surface area contributed by atoms with Gasteiger partial charge in [-0.1, -0.05) is 6.07 Å². The lowest BCUT2D eigenvalue weighted by Crippen LogP contribution is -2.52. The highest BCUT2D eigenvalue weighted by Crippen LogP contribution is 2.21. The zero-order chi connectivity index (χ0) is 13.8. The quantitative estimate of drug-likeness (QED) is 0.874. The Balaban J connectivity index is 2.01. The van der Waals surface area contributed by atoms with Crippen molar-refractivity contribution in [2.45, 2.75) is 6.04 Å². The summed E-state index contributed by atoms with van der Waals surface area (Å²) in [6, 6.07) is 5.05. The molecular formula is C13H20BrFN4. The van der Waals surface area contributed by atoms with Gasteiger partial charge in [0.1, 0.15) is 5.82 Å². The summed E-state index contributed by atoms with van der Waals surface area (Å²) in [7, 11) is 2.12. The molecule has 106 valence electrons. The van der Waals surface area contributed by atoms with Crippen molar-refractivity contribution < 1.29 is 4.39 Å². The molecule has 19 heavy (non-hydrogen) atoms. The van der Waals surface area contributed by atoms with Crippen LogP contribution >= 0.6 is 15.9 Å². The van der Waals surface area contributed by atoms with Crippen LogP contribution in [-0.2, 0) is 0 Å². The smallest absolute Gasteiger partial charge is 0.137 e. The van der Waals surface area contributed by atoms with Crippen LogP contribution in [-0.4, -0.2) is 49.7 Å². The van der Waals surface area contributed by atoms with Gasteiger partial charge in [-0.15, -0.1) is 0 Å². The summed E-state index contributed by atoms with van der Waals surface area (Å²) >= 11 is 3.21.